The van der Waals surface area contributed by atoms with E-state index in [2.05, 4.69) is 4.90 Å². The van der Waals surface area contributed by atoms with Crippen LogP contribution in [0.15, 0.2) is 23.2 Å². The van der Waals surface area contributed by atoms with Crippen molar-refractivity contribution in [2.45, 2.75) is 63.5 Å². The number of thioether (sulfide) groups is 1. The number of hydrogen-bond donors (Lipinski definition) is 0. The molecule has 2 aliphatic carbocycles. The number of nitrogens with zero attached hydrogens (tertiary/aromatic N) is 3. The van der Waals surface area contributed by atoms with Gasteiger partial charge in [-0.15, -0.1) is 0 Å². The van der Waals surface area contributed by atoms with E-state index in [4.69, 9.17) is 4.99 Å². The summed E-state index contributed by atoms with van der Waals surface area (Å²) in [5, 5.41) is 12.1. The molecule has 1 spiro atoms. The molecule has 0 atom stereocenters. The Balaban J connectivity index is 1.67. The van der Waals surface area contributed by atoms with Crippen molar-refractivity contribution in [1.29, 1.82) is 0 Å². The largest absolute Gasteiger partial charge is 0.342 e. The molecule has 1 heterocycles. The fourth-order valence-corrected chi connectivity index (χ4v) is 5.69. The molecule has 4 rings (SSSR count). The number of hydrogen-bond acceptors (Lipinski definition) is 4. The number of nitro groups is 1. The summed E-state index contributed by atoms with van der Waals surface area (Å²) in [5.41, 5.74) is 2.20. The van der Waals surface area contributed by atoms with Crippen molar-refractivity contribution < 1.29 is 4.92 Å². The first kappa shape index (κ1) is 15.9. The first-order chi connectivity index (χ1) is 11.6. The minimum Gasteiger partial charge on any atom is -0.342 e. The van der Waals surface area contributed by atoms with Gasteiger partial charge in [-0.05, 0) is 50.7 Å². The Bertz CT molecular complexity index is 694. The molecular weight excluding hydrogens is 322 g/mol. The van der Waals surface area contributed by atoms with Gasteiger partial charge in [0.1, 0.15) is 0 Å². The zero-order valence-electron chi connectivity index (χ0n) is 14.0. The van der Waals surface area contributed by atoms with Crippen LogP contribution in [0.25, 0.3) is 0 Å². The average Bonchev–Trinajstić information content (AvgIpc) is 3.10. The van der Waals surface area contributed by atoms with Crippen molar-refractivity contribution in [2.24, 2.45) is 4.99 Å². The normalized spacial score (nSPS) is 24.7. The van der Waals surface area contributed by atoms with Crippen LogP contribution in [-0.2, 0) is 0 Å². The lowest BCUT2D eigenvalue weighted by Crippen LogP contribution is -2.53. The third-order valence-electron chi connectivity index (χ3n) is 5.77. The predicted molar refractivity (Wildman–Crippen MR) is 98.1 cm³/mol. The van der Waals surface area contributed by atoms with Gasteiger partial charge in [0, 0.05) is 23.9 Å². The molecule has 0 bridgehead atoms. The van der Waals surface area contributed by atoms with E-state index >= 15 is 0 Å². The highest BCUT2D eigenvalue weighted by Crippen LogP contribution is 2.49. The van der Waals surface area contributed by atoms with Crippen LogP contribution in [-0.4, -0.2) is 32.3 Å². The topological polar surface area (TPSA) is 58.7 Å². The molecule has 3 fully saturated rings. The van der Waals surface area contributed by atoms with Gasteiger partial charge in [-0.25, -0.2) is 4.99 Å². The van der Waals surface area contributed by atoms with Gasteiger partial charge < -0.3 is 4.90 Å². The van der Waals surface area contributed by atoms with Crippen molar-refractivity contribution in [3.05, 3.63) is 33.9 Å². The highest BCUT2D eigenvalue weighted by Gasteiger charge is 2.50. The molecule has 1 saturated heterocycles. The average molecular weight is 345 g/mol. The maximum absolute atomic E-state index is 10.9. The molecule has 1 aromatic rings. The van der Waals surface area contributed by atoms with E-state index in [1.54, 1.807) is 18.2 Å². The van der Waals surface area contributed by atoms with E-state index in [0.717, 1.165) is 22.2 Å². The standard InChI is InChI=1S/C18H23N3O2S/c1-13-11-15(21(22)23)7-8-16(13)19-17-20(14-5-4-6-14)18(12-24-17)9-2-3-10-18/h7-8,11,14H,2-6,9-10,12H2,1H3. The molecule has 0 N–H and O–H groups in total. The Morgan fingerprint density at radius 2 is 2.04 bits per heavy atom. The van der Waals surface area contributed by atoms with Gasteiger partial charge in [0.15, 0.2) is 5.17 Å². The molecule has 2 saturated carbocycles. The lowest BCUT2D eigenvalue weighted by atomic mass is 9.86. The van der Waals surface area contributed by atoms with Crippen molar-refractivity contribution in [2.75, 3.05) is 5.75 Å². The molecule has 3 aliphatic rings. The van der Waals surface area contributed by atoms with Crippen LogP contribution < -0.4 is 0 Å². The lowest BCUT2D eigenvalue weighted by Gasteiger charge is -2.45. The zero-order valence-corrected chi connectivity index (χ0v) is 14.8. The lowest BCUT2D eigenvalue weighted by molar-refractivity contribution is -0.384. The maximum atomic E-state index is 10.9. The maximum Gasteiger partial charge on any atom is 0.269 e. The van der Waals surface area contributed by atoms with Crippen LogP contribution in [0.3, 0.4) is 0 Å². The van der Waals surface area contributed by atoms with Crippen LogP contribution in [0, 0.1) is 17.0 Å². The van der Waals surface area contributed by atoms with E-state index in [1.807, 2.05) is 18.7 Å². The van der Waals surface area contributed by atoms with Gasteiger partial charge >= 0.3 is 0 Å². The van der Waals surface area contributed by atoms with Crippen molar-refractivity contribution in [3.63, 3.8) is 0 Å². The Hall–Kier alpha value is -1.56. The first-order valence-corrected chi connectivity index (χ1v) is 9.83. The zero-order chi connectivity index (χ0) is 16.7. The second kappa shape index (κ2) is 6.06. The molecule has 1 aliphatic heterocycles. The summed E-state index contributed by atoms with van der Waals surface area (Å²) in [5.74, 6) is 1.15. The third kappa shape index (κ3) is 2.61. The van der Waals surface area contributed by atoms with Crippen molar-refractivity contribution >= 4 is 28.3 Å². The quantitative estimate of drug-likeness (QED) is 0.583. The predicted octanol–water partition coefficient (Wildman–Crippen LogP) is 4.80. The second-order valence-corrected chi connectivity index (χ2v) is 8.24. The van der Waals surface area contributed by atoms with Gasteiger partial charge in [-0.1, -0.05) is 24.6 Å². The SMILES string of the molecule is Cc1cc([N+](=O)[O-])ccc1N=C1SCC2(CCCC2)N1C1CCC1. The van der Waals surface area contributed by atoms with E-state index < -0.39 is 0 Å². The first-order valence-electron chi connectivity index (χ1n) is 8.85. The van der Waals surface area contributed by atoms with Crippen LogP contribution >= 0.6 is 11.8 Å². The summed E-state index contributed by atoms with van der Waals surface area (Å²) in [4.78, 5) is 18.2. The van der Waals surface area contributed by atoms with Gasteiger partial charge in [-0.3, -0.25) is 10.1 Å². The van der Waals surface area contributed by atoms with E-state index in [1.165, 1.54) is 44.9 Å². The molecule has 128 valence electrons. The number of aliphatic imine (C=N–C) groups is 1. The van der Waals surface area contributed by atoms with Gasteiger partial charge in [-0.2, -0.15) is 0 Å². The number of amidine groups is 1. The molecule has 1 aromatic carbocycles. The van der Waals surface area contributed by atoms with Crippen molar-refractivity contribution in [1.82, 2.24) is 4.90 Å². The molecule has 6 heteroatoms. The minimum absolute atomic E-state index is 0.138. The van der Waals surface area contributed by atoms with Crippen LogP contribution in [0.5, 0.6) is 0 Å². The molecule has 0 unspecified atom stereocenters. The summed E-state index contributed by atoms with van der Waals surface area (Å²) >= 11 is 1.88. The van der Waals surface area contributed by atoms with Gasteiger partial charge in [0.2, 0.25) is 0 Å². The molecule has 0 aromatic heterocycles. The molecular formula is C18H23N3O2S. The monoisotopic (exact) mass is 345 g/mol. The van der Waals surface area contributed by atoms with E-state index in [9.17, 15) is 10.1 Å². The Morgan fingerprint density at radius 3 is 2.62 bits per heavy atom. The number of non-ortho nitro benzene ring substituents is 1. The summed E-state index contributed by atoms with van der Waals surface area (Å²) in [6, 6.07) is 5.62. The number of rotatable bonds is 3. The van der Waals surface area contributed by atoms with Crippen LogP contribution in [0.4, 0.5) is 11.4 Å². The number of nitro benzene ring substituents is 1. The Labute approximate surface area is 146 Å². The smallest absolute Gasteiger partial charge is 0.269 e. The Kier molecular flexibility index (Phi) is 4.03. The van der Waals surface area contributed by atoms with Crippen LogP contribution in [0.2, 0.25) is 0 Å². The molecule has 24 heavy (non-hydrogen) atoms. The van der Waals surface area contributed by atoms with Crippen LogP contribution in [0.1, 0.15) is 50.5 Å². The summed E-state index contributed by atoms with van der Waals surface area (Å²) < 4.78 is 0. The number of aryl methyl sites for hydroxylation is 1. The van der Waals surface area contributed by atoms with E-state index in [-0.39, 0.29) is 10.6 Å². The second-order valence-electron chi connectivity index (χ2n) is 7.30. The van der Waals surface area contributed by atoms with Gasteiger partial charge in [0.25, 0.3) is 5.69 Å². The summed E-state index contributed by atoms with van der Waals surface area (Å²) in [7, 11) is 0. The van der Waals surface area contributed by atoms with Crippen molar-refractivity contribution in [3.8, 4) is 0 Å². The molecule has 0 radical (unpaired) electrons. The number of benzene rings is 1. The van der Waals surface area contributed by atoms with Gasteiger partial charge in [0.05, 0.1) is 16.1 Å². The summed E-state index contributed by atoms with van der Waals surface area (Å²) in [6.07, 6.45) is 9.11. The highest BCUT2D eigenvalue weighted by atomic mass is 32.2. The highest BCUT2D eigenvalue weighted by molar-refractivity contribution is 8.14. The fraction of sp³-hybridized carbons (Fsp3) is 0.611. The molecule has 5 nitrogen and oxygen atoms in total. The Morgan fingerprint density at radius 1 is 1.29 bits per heavy atom. The minimum atomic E-state index is -0.345. The van der Waals surface area contributed by atoms with E-state index in [0.29, 0.717) is 11.6 Å². The molecule has 0 amide bonds. The summed E-state index contributed by atoms with van der Waals surface area (Å²) in [6.45, 7) is 1.91. The third-order valence-corrected chi connectivity index (χ3v) is 7.00. The fourth-order valence-electron chi connectivity index (χ4n) is 4.22.